The van der Waals surface area contributed by atoms with Crippen molar-refractivity contribution in [3.8, 4) is 0 Å². The van der Waals surface area contributed by atoms with Crippen molar-refractivity contribution >= 4 is 5.91 Å². The molecule has 0 aliphatic heterocycles. The van der Waals surface area contributed by atoms with Gasteiger partial charge in [0.1, 0.15) is 5.82 Å². The standard InChI is InChI=1S/C15H15FN2O/c1-10-6-7-17-8-12(10)9-18-15(19)13-5-3-4-11(2)14(13)16/h3-8H,9H2,1-2H3,(H,18,19). The molecule has 1 N–H and O–H groups in total. The van der Waals surface area contributed by atoms with Crippen molar-refractivity contribution in [2.75, 3.05) is 0 Å². The number of amides is 1. The smallest absolute Gasteiger partial charge is 0.254 e. The molecule has 1 heterocycles. The molecule has 1 aromatic carbocycles. The number of hydrogen-bond donors (Lipinski definition) is 1. The van der Waals surface area contributed by atoms with E-state index in [1.807, 2.05) is 13.0 Å². The van der Waals surface area contributed by atoms with Gasteiger partial charge in [-0.15, -0.1) is 0 Å². The quantitative estimate of drug-likeness (QED) is 0.919. The number of carbonyl (C=O) groups excluding carboxylic acids is 1. The van der Waals surface area contributed by atoms with E-state index in [9.17, 15) is 9.18 Å². The number of nitrogens with zero attached hydrogens (tertiary/aromatic N) is 1. The molecule has 0 bridgehead atoms. The first-order valence-electron chi connectivity index (χ1n) is 6.02. The van der Waals surface area contributed by atoms with E-state index in [0.29, 0.717) is 12.1 Å². The Morgan fingerprint density at radius 3 is 2.79 bits per heavy atom. The van der Waals surface area contributed by atoms with Gasteiger partial charge in [-0.25, -0.2) is 4.39 Å². The van der Waals surface area contributed by atoms with Crippen LogP contribution in [-0.4, -0.2) is 10.9 Å². The molecule has 98 valence electrons. The average molecular weight is 258 g/mol. The summed E-state index contributed by atoms with van der Waals surface area (Å²) in [6.07, 6.45) is 3.39. The molecule has 0 radical (unpaired) electrons. The van der Waals surface area contributed by atoms with Crippen molar-refractivity contribution in [2.45, 2.75) is 20.4 Å². The lowest BCUT2D eigenvalue weighted by atomic mass is 10.1. The van der Waals surface area contributed by atoms with Gasteiger partial charge in [-0.2, -0.15) is 0 Å². The lowest BCUT2D eigenvalue weighted by Crippen LogP contribution is -2.24. The van der Waals surface area contributed by atoms with E-state index in [4.69, 9.17) is 0 Å². The number of aromatic nitrogens is 1. The third-order valence-electron chi connectivity index (χ3n) is 3.02. The van der Waals surface area contributed by atoms with Crippen LogP contribution >= 0.6 is 0 Å². The second-order valence-corrected chi connectivity index (χ2v) is 4.42. The molecular formula is C15H15FN2O. The van der Waals surface area contributed by atoms with Crippen molar-refractivity contribution in [1.82, 2.24) is 10.3 Å². The molecule has 0 fully saturated rings. The van der Waals surface area contributed by atoms with E-state index in [1.54, 1.807) is 31.5 Å². The topological polar surface area (TPSA) is 42.0 Å². The lowest BCUT2D eigenvalue weighted by Gasteiger charge is -2.08. The maximum Gasteiger partial charge on any atom is 0.254 e. The molecule has 3 nitrogen and oxygen atoms in total. The van der Waals surface area contributed by atoms with Crippen molar-refractivity contribution in [3.05, 3.63) is 64.7 Å². The monoisotopic (exact) mass is 258 g/mol. The van der Waals surface area contributed by atoms with Crippen molar-refractivity contribution in [1.29, 1.82) is 0 Å². The van der Waals surface area contributed by atoms with Crippen LogP contribution in [0.15, 0.2) is 36.7 Å². The molecule has 0 atom stereocenters. The Bertz CT molecular complexity index is 611. The molecule has 19 heavy (non-hydrogen) atoms. The summed E-state index contributed by atoms with van der Waals surface area (Å²) in [5.74, 6) is -0.882. The highest BCUT2D eigenvalue weighted by Crippen LogP contribution is 2.12. The summed E-state index contributed by atoms with van der Waals surface area (Å²) >= 11 is 0. The second-order valence-electron chi connectivity index (χ2n) is 4.42. The van der Waals surface area contributed by atoms with Crippen molar-refractivity contribution in [2.24, 2.45) is 0 Å². The molecule has 0 saturated carbocycles. The molecule has 2 rings (SSSR count). The number of hydrogen-bond acceptors (Lipinski definition) is 2. The van der Waals surface area contributed by atoms with Gasteiger partial charge in [0.05, 0.1) is 5.56 Å². The highest BCUT2D eigenvalue weighted by atomic mass is 19.1. The summed E-state index contributed by atoms with van der Waals surface area (Å²) in [5, 5.41) is 2.71. The van der Waals surface area contributed by atoms with Crippen molar-refractivity contribution < 1.29 is 9.18 Å². The van der Waals surface area contributed by atoms with Gasteiger partial charge in [0.2, 0.25) is 0 Å². The van der Waals surface area contributed by atoms with Gasteiger partial charge in [-0.3, -0.25) is 9.78 Å². The highest BCUT2D eigenvalue weighted by Gasteiger charge is 2.12. The minimum atomic E-state index is -0.470. The number of nitrogens with one attached hydrogen (secondary N) is 1. The van der Waals surface area contributed by atoms with Crippen molar-refractivity contribution in [3.63, 3.8) is 0 Å². The van der Waals surface area contributed by atoms with Gasteiger partial charge in [0.15, 0.2) is 0 Å². The van der Waals surface area contributed by atoms with Crippen LogP contribution < -0.4 is 5.32 Å². The van der Waals surface area contributed by atoms with Gasteiger partial charge in [-0.1, -0.05) is 12.1 Å². The number of pyridine rings is 1. The van der Waals surface area contributed by atoms with Gasteiger partial charge in [-0.05, 0) is 42.7 Å². The third kappa shape index (κ3) is 2.96. The summed E-state index contributed by atoms with van der Waals surface area (Å²) < 4.78 is 13.8. The normalized spacial score (nSPS) is 10.3. The summed E-state index contributed by atoms with van der Waals surface area (Å²) in [6, 6.07) is 6.66. The van der Waals surface area contributed by atoms with Gasteiger partial charge in [0, 0.05) is 18.9 Å². The fraction of sp³-hybridized carbons (Fsp3) is 0.200. The Morgan fingerprint density at radius 2 is 2.05 bits per heavy atom. The van der Waals surface area contributed by atoms with Gasteiger partial charge >= 0.3 is 0 Å². The number of benzene rings is 1. The van der Waals surface area contributed by atoms with E-state index < -0.39 is 11.7 Å². The largest absolute Gasteiger partial charge is 0.348 e. The van der Waals surface area contributed by atoms with E-state index in [1.165, 1.54) is 6.07 Å². The zero-order valence-electron chi connectivity index (χ0n) is 10.9. The fourth-order valence-corrected chi connectivity index (χ4v) is 1.78. The van der Waals surface area contributed by atoms with Gasteiger partial charge in [0.25, 0.3) is 5.91 Å². The van der Waals surface area contributed by atoms with Crippen LogP contribution in [0, 0.1) is 19.7 Å². The Labute approximate surface area is 111 Å². The molecule has 2 aromatic rings. The van der Waals surface area contributed by atoms with Crippen LogP contribution in [0.1, 0.15) is 27.0 Å². The SMILES string of the molecule is Cc1ccncc1CNC(=O)c1cccc(C)c1F. The maximum atomic E-state index is 13.8. The third-order valence-corrected chi connectivity index (χ3v) is 3.02. The van der Waals surface area contributed by atoms with E-state index >= 15 is 0 Å². The predicted molar refractivity (Wildman–Crippen MR) is 71.3 cm³/mol. The molecule has 1 aromatic heterocycles. The minimum Gasteiger partial charge on any atom is -0.348 e. The molecule has 4 heteroatoms. The van der Waals surface area contributed by atoms with Crippen LogP contribution in [0.3, 0.4) is 0 Å². The number of aryl methyl sites for hydroxylation is 2. The summed E-state index contributed by atoms with van der Waals surface area (Å²) in [6.45, 7) is 3.92. The molecule has 1 amide bonds. The molecular weight excluding hydrogens is 243 g/mol. The Morgan fingerprint density at radius 1 is 1.26 bits per heavy atom. The van der Waals surface area contributed by atoms with Gasteiger partial charge < -0.3 is 5.32 Å². The Kier molecular flexibility index (Phi) is 3.90. The zero-order valence-corrected chi connectivity index (χ0v) is 10.9. The summed E-state index contributed by atoms with van der Waals surface area (Å²) in [4.78, 5) is 15.9. The van der Waals surface area contributed by atoms with E-state index in [0.717, 1.165) is 11.1 Å². The van der Waals surface area contributed by atoms with Crippen LogP contribution in [0.2, 0.25) is 0 Å². The van der Waals surface area contributed by atoms with Crippen LogP contribution in [0.25, 0.3) is 0 Å². The number of rotatable bonds is 3. The lowest BCUT2D eigenvalue weighted by molar-refractivity contribution is 0.0946. The molecule has 0 spiro atoms. The highest BCUT2D eigenvalue weighted by molar-refractivity contribution is 5.94. The molecule has 0 saturated heterocycles. The predicted octanol–water partition coefficient (Wildman–Crippen LogP) is 2.77. The molecule has 0 aliphatic rings. The number of halogens is 1. The van der Waals surface area contributed by atoms with Crippen LogP contribution in [-0.2, 0) is 6.54 Å². The summed E-state index contributed by atoms with van der Waals surface area (Å²) in [7, 11) is 0. The first-order chi connectivity index (χ1) is 9.09. The second kappa shape index (κ2) is 5.61. The summed E-state index contributed by atoms with van der Waals surface area (Å²) in [5.41, 5.74) is 2.50. The fourth-order valence-electron chi connectivity index (χ4n) is 1.78. The molecule has 0 aliphatic carbocycles. The molecule has 0 unspecified atom stereocenters. The zero-order chi connectivity index (χ0) is 13.8. The maximum absolute atomic E-state index is 13.8. The first-order valence-corrected chi connectivity index (χ1v) is 6.02. The number of carbonyl (C=O) groups is 1. The van der Waals surface area contributed by atoms with E-state index in [2.05, 4.69) is 10.3 Å². The Balaban J connectivity index is 2.10. The first kappa shape index (κ1) is 13.2. The Hall–Kier alpha value is -2.23. The average Bonchev–Trinajstić information content (AvgIpc) is 2.40. The minimum absolute atomic E-state index is 0.0709. The van der Waals surface area contributed by atoms with E-state index in [-0.39, 0.29) is 5.56 Å². The van der Waals surface area contributed by atoms with Crippen LogP contribution in [0.5, 0.6) is 0 Å². The van der Waals surface area contributed by atoms with Crippen LogP contribution in [0.4, 0.5) is 4.39 Å².